The zero-order chi connectivity index (χ0) is 15.2. The van der Waals surface area contributed by atoms with Gasteiger partial charge in [0.1, 0.15) is 5.75 Å². The SMILES string of the molecule is COc1ccc(NC(N)=NCc2ccc(Br)cc2C)cc1.I. The zero-order valence-electron chi connectivity index (χ0n) is 12.5. The fourth-order valence-corrected chi connectivity index (χ4v) is 2.34. The number of hydrogen-bond donors (Lipinski definition) is 2. The van der Waals surface area contributed by atoms with E-state index in [1.807, 2.05) is 36.4 Å². The van der Waals surface area contributed by atoms with Crippen LogP contribution in [0.25, 0.3) is 0 Å². The summed E-state index contributed by atoms with van der Waals surface area (Å²) in [6.45, 7) is 2.61. The van der Waals surface area contributed by atoms with Gasteiger partial charge < -0.3 is 15.8 Å². The molecule has 2 aromatic rings. The van der Waals surface area contributed by atoms with Gasteiger partial charge in [0.25, 0.3) is 0 Å². The molecule has 118 valence electrons. The minimum atomic E-state index is 0. The van der Waals surface area contributed by atoms with E-state index in [9.17, 15) is 0 Å². The molecule has 0 aliphatic heterocycles. The highest BCUT2D eigenvalue weighted by Gasteiger charge is 2.00. The molecule has 3 N–H and O–H groups in total. The van der Waals surface area contributed by atoms with E-state index in [2.05, 4.69) is 39.2 Å². The third-order valence-electron chi connectivity index (χ3n) is 3.09. The largest absolute Gasteiger partial charge is 0.497 e. The van der Waals surface area contributed by atoms with Crippen LogP contribution in [0.5, 0.6) is 5.75 Å². The van der Waals surface area contributed by atoms with Gasteiger partial charge in [-0.2, -0.15) is 0 Å². The van der Waals surface area contributed by atoms with Crippen molar-refractivity contribution in [2.45, 2.75) is 13.5 Å². The summed E-state index contributed by atoms with van der Waals surface area (Å²) < 4.78 is 6.18. The molecule has 0 saturated heterocycles. The number of halogens is 2. The van der Waals surface area contributed by atoms with Crippen molar-refractivity contribution in [3.63, 3.8) is 0 Å². The minimum Gasteiger partial charge on any atom is -0.497 e. The lowest BCUT2D eigenvalue weighted by atomic mass is 10.1. The molecule has 0 fully saturated rings. The van der Waals surface area contributed by atoms with Crippen LogP contribution in [0, 0.1) is 6.92 Å². The molecule has 2 aromatic carbocycles. The van der Waals surface area contributed by atoms with E-state index in [1.165, 1.54) is 5.56 Å². The van der Waals surface area contributed by atoms with Gasteiger partial charge in [0, 0.05) is 10.2 Å². The zero-order valence-corrected chi connectivity index (χ0v) is 16.4. The predicted molar refractivity (Wildman–Crippen MR) is 106 cm³/mol. The second kappa shape index (κ2) is 8.99. The van der Waals surface area contributed by atoms with Gasteiger partial charge in [-0.3, -0.25) is 0 Å². The number of nitrogens with two attached hydrogens (primary N) is 1. The fourth-order valence-electron chi connectivity index (χ4n) is 1.87. The number of aliphatic imine (C=N–C) groups is 1. The lowest BCUT2D eigenvalue weighted by Crippen LogP contribution is -2.22. The molecule has 0 aliphatic carbocycles. The van der Waals surface area contributed by atoms with Gasteiger partial charge in [-0.25, -0.2) is 4.99 Å². The Balaban J connectivity index is 0.00000242. The first kappa shape index (κ1) is 18.8. The Morgan fingerprint density at radius 1 is 1.23 bits per heavy atom. The molecule has 0 bridgehead atoms. The van der Waals surface area contributed by atoms with Crippen molar-refractivity contribution in [1.29, 1.82) is 0 Å². The molecule has 0 amide bonds. The maximum absolute atomic E-state index is 5.90. The van der Waals surface area contributed by atoms with Crippen molar-refractivity contribution in [2.24, 2.45) is 10.7 Å². The first-order valence-electron chi connectivity index (χ1n) is 6.54. The molecule has 2 rings (SSSR count). The average Bonchev–Trinajstić information content (AvgIpc) is 2.47. The van der Waals surface area contributed by atoms with Crippen LogP contribution in [0.2, 0.25) is 0 Å². The molecule has 0 heterocycles. The summed E-state index contributed by atoms with van der Waals surface area (Å²) in [5.41, 5.74) is 9.12. The highest BCUT2D eigenvalue weighted by atomic mass is 127. The number of benzene rings is 2. The summed E-state index contributed by atoms with van der Waals surface area (Å²) in [5.74, 6) is 1.20. The number of nitrogens with zero attached hydrogens (tertiary/aromatic N) is 1. The lowest BCUT2D eigenvalue weighted by Gasteiger charge is -2.08. The summed E-state index contributed by atoms with van der Waals surface area (Å²) in [4.78, 5) is 4.36. The Hall–Kier alpha value is -1.28. The number of methoxy groups -OCH3 is 1. The van der Waals surface area contributed by atoms with Crippen LogP contribution in [0.1, 0.15) is 11.1 Å². The standard InChI is InChI=1S/C16H18BrN3O.HI/c1-11-9-13(17)4-3-12(11)10-19-16(18)20-14-5-7-15(21-2)8-6-14;/h3-9H,10H2,1-2H3,(H3,18,19,20);1H. The van der Waals surface area contributed by atoms with Crippen molar-refractivity contribution >= 4 is 51.6 Å². The van der Waals surface area contributed by atoms with Gasteiger partial charge in [-0.15, -0.1) is 24.0 Å². The van der Waals surface area contributed by atoms with Gasteiger partial charge in [0.2, 0.25) is 0 Å². The third kappa shape index (κ3) is 5.49. The molecule has 4 nitrogen and oxygen atoms in total. The van der Waals surface area contributed by atoms with E-state index in [0.29, 0.717) is 12.5 Å². The van der Waals surface area contributed by atoms with Crippen molar-refractivity contribution in [3.8, 4) is 5.75 Å². The Morgan fingerprint density at radius 2 is 1.91 bits per heavy atom. The summed E-state index contributed by atoms with van der Waals surface area (Å²) in [5, 5.41) is 3.06. The molecule has 6 heteroatoms. The number of guanidine groups is 1. The second-order valence-corrected chi connectivity index (χ2v) is 5.54. The molecule has 0 unspecified atom stereocenters. The number of aryl methyl sites for hydroxylation is 1. The summed E-state index contributed by atoms with van der Waals surface area (Å²) >= 11 is 3.45. The highest BCUT2D eigenvalue weighted by Crippen LogP contribution is 2.17. The molecule has 0 radical (unpaired) electrons. The quantitative estimate of drug-likeness (QED) is 0.393. The highest BCUT2D eigenvalue weighted by molar-refractivity contribution is 14.0. The number of nitrogens with one attached hydrogen (secondary N) is 1. The third-order valence-corrected chi connectivity index (χ3v) is 3.58. The van der Waals surface area contributed by atoms with E-state index in [-0.39, 0.29) is 24.0 Å². The number of anilines is 1. The Morgan fingerprint density at radius 3 is 2.50 bits per heavy atom. The fraction of sp³-hybridized carbons (Fsp3) is 0.188. The summed E-state index contributed by atoms with van der Waals surface area (Å²) in [6, 6.07) is 13.6. The predicted octanol–water partition coefficient (Wildman–Crippen LogP) is 4.31. The van der Waals surface area contributed by atoms with E-state index < -0.39 is 0 Å². The van der Waals surface area contributed by atoms with E-state index in [1.54, 1.807) is 7.11 Å². The van der Waals surface area contributed by atoms with Gasteiger partial charge in [0.05, 0.1) is 13.7 Å². The molecule has 22 heavy (non-hydrogen) atoms. The first-order chi connectivity index (χ1) is 10.1. The van der Waals surface area contributed by atoms with Crippen molar-refractivity contribution in [3.05, 3.63) is 58.1 Å². The van der Waals surface area contributed by atoms with Gasteiger partial charge >= 0.3 is 0 Å². The Labute approximate surface area is 156 Å². The van der Waals surface area contributed by atoms with Crippen LogP contribution in [-0.4, -0.2) is 13.1 Å². The van der Waals surface area contributed by atoms with Crippen LogP contribution < -0.4 is 15.8 Å². The van der Waals surface area contributed by atoms with E-state index in [0.717, 1.165) is 21.5 Å². The normalized spacial score (nSPS) is 10.8. The van der Waals surface area contributed by atoms with Crippen molar-refractivity contribution < 1.29 is 4.74 Å². The van der Waals surface area contributed by atoms with Gasteiger partial charge in [-0.1, -0.05) is 22.0 Å². The maximum atomic E-state index is 5.90. The van der Waals surface area contributed by atoms with E-state index in [4.69, 9.17) is 10.5 Å². The molecule has 0 spiro atoms. The minimum absolute atomic E-state index is 0. The first-order valence-corrected chi connectivity index (χ1v) is 7.34. The molecular formula is C16H19BrIN3O. The maximum Gasteiger partial charge on any atom is 0.193 e. The smallest absolute Gasteiger partial charge is 0.193 e. The average molecular weight is 476 g/mol. The van der Waals surface area contributed by atoms with Gasteiger partial charge in [0.15, 0.2) is 5.96 Å². The van der Waals surface area contributed by atoms with E-state index >= 15 is 0 Å². The van der Waals surface area contributed by atoms with Crippen molar-refractivity contribution in [1.82, 2.24) is 0 Å². The molecule has 0 atom stereocenters. The van der Waals surface area contributed by atoms with Crippen molar-refractivity contribution in [2.75, 3.05) is 12.4 Å². The molecular weight excluding hydrogens is 457 g/mol. The monoisotopic (exact) mass is 475 g/mol. The number of rotatable bonds is 4. The van der Waals surface area contributed by atoms with Crippen LogP contribution in [-0.2, 0) is 6.54 Å². The van der Waals surface area contributed by atoms with Crippen LogP contribution in [0.4, 0.5) is 5.69 Å². The topological polar surface area (TPSA) is 59.6 Å². The Kier molecular flexibility index (Phi) is 7.67. The number of hydrogen-bond acceptors (Lipinski definition) is 2. The summed E-state index contributed by atoms with van der Waals surface area (Å²) in [7, 11) is 1.64. The Bertz CT molecular complexity index is 644. The van der Waals surface area contributed by atoms with Crippen LogP contribution >= 0.6 is 39.9 Å². The lowest BCUT2D eigenvalue weighted by molar-refractivity contribution is 0.415. The molecule has 0 aromatic heterocycles. The number of ether oxygens (including phenoxy) is 1. The summed E-state index contributed by atoms with van der Waals surface area (Å²) in [6.07, 6.45) is 0. The second-order valence-electron chi connectivity index (χ2n) is 4.63. The van der Waals surface area contributed by atoms with Gasteiger partial charge in [-0.05, 0) is 54.4 Å². The molecule has 0 aliphatic rings. The molecule has 0 saturated carbocycles. The van der Waals surface area contributed by atoms with Crippen LogP contribution in [0.15, 0.2) is 51.9 Å². The van der Waals surface area contributed by atoms with Crippen LogP contribution in [0.3, 0.4) is 0 Å².